The van der Waals surface area contributed by atoms with Crippen LogP contribution in [0.15, 0.2) is 12.1 Å². The third-order valence-corrected chi connectivity index (χ3v) is 4.44. The molecule has 2 heterocycles. The third-order valence-electron chi connectivity index (χ3n) is 3.38. The highest BCUT2D eigenvalue weighted by Gasteiger charge is 2.26. The van der Waals surface area contributed by atoms with Crippen molar-refractivity contribution in [3.05, 3.63) is 21.9 Å². The van der Waals surface area contributed by atoms with Crippen LogP contribution in [0, 0.1) is 0 Å². The molecule has 0 aromatic carbocycles. The molecule has 2 rings (SSSR count). The molecular formula is C13H18N2O3S. The molecule has 0 atom stereocenters. The van der Waals surface area contributed by atoms with Crippen LogP contribution in [0.1, 0.15) is 39.1 Å². The lowest BCUT2D eigenvalue weighted by Crippen LogP contribution is -2.45. The number of nitrogens with one attached hydrogen (secondary N) is 1. The number of hydrogen-bond acceptors (Lipinski definition) is 4. The van der Waals surface area contributed by atoms with Gasteiger partial charge in [-0.2, -0.15) is 0 Å². The van der Waals surface area contributed by atoms with Crippen LogP contribution in [0.3, 0.4) is 0 Å². The minimum absolute atomic E-state index is 0.0492. The number of rotatable bonds is 4. The first-order valence-corrected chi connectivity index (χ1v) is 7.30. The Morgan fingerprint density at radius 2 is 2.00 bits per heavy atom. The molecule has 1 aromatic heterocycles. The normalized spacial score (nSPS) is 16.3. The highest BCUT2D eigenvalue weighted by atomic mass is 32.1. The lowest BCUT2D eigenvalue weighted by Gasteiger charge is -2.33. The van der Waals surface area contributed by atoms with Gasteiger partial charge in [0.1, 0.15) is 4.88 Å². The summed E-state index contributed by atoms with van der Waals surface area (Å²) in [5, 5.41) is 12.2. The van der Waals surface area contributed by atoms with E-state index in [0.29, 0.717) is 11.4 Å². The predicted octanol–water partition coefficient (Wildman–Crippen LogP) is 1.66. The molecule has 1 saturated heterocycles. The number of hydrogen-bond donors (Lipinski definition) is 2. The molecule has 0 saturated carbocycles. The average molecular weight is 282 g/mol. The average Bonchev–Trinajstić information content (AvgIpc) is 2.90. The van der Waals surface area contributed by atoms with Crippen molar-refractivity contribution in [1.82, 2.24) is 10.2 Å². The Kier molecular flexibility index (Phi) is 4.55. The fourth-order valence-corrected chi connectivity index (χ4v) is 3.20. The molecular weight excluding hydrogens is 264 g/mol. The van der Waals surface area contributed by atoms with E-state index in [2.05, 4.69) is 5.32 Å². The van der Waals surface area contributed by atoms with E-state index in [1.807, 2.05) is 11.8 Å². The van der Waals surface area contributed by atoms with Crippen LogP contribution in [0.5, 0.6) is 0 Å². The molecule has 0 bridgehead atoms. The van der Waals surface area contributed by atoms with E-state index in [9.17, 15) is 9.59 Å². The standard InChI is InChI=1S/C13H18N2O3S/c1-2-15(9-5-7-14-8-6-9)12(16)10-3-4-11(19-10)13(17)18/h3-4,9,14H,2,5-8H2,1H3,(H,17,18). The molecule has 0 spiro atoms. The van der Waals surface area contributed by atoms with Gasteiger partial charge in [-0.3, -0.25) is 4.79 Å². The summed E-state index contributed by atoms with van der Waals surface area (Å²) in [6.45, 7) is 4.48. The van der Waals surface area contributed by atoms with Gasteiger partial charge in [0.05, 0.1) is 4.88 Å². The first kappa shape index (κ1) is 14.0. The lowest BCUT2D eigenvalue weighted by atomic mass is 10.0. The maximum absolute atomic E-state index is 12.4. The second-order valence-corrected chi connectivity index (χ2v) is 5.63. The summed E-state index contributed by atoms with van der Waals surface area (Å²) in [6.07, 6.45) is 1.91. The fourth-order valence-electron chi connectivity index (χ4n) is 2.40. The van der Waals surface area contributed by atoms with Crippen molar-refractivity contribution in [2.24, 2.45) is 0 Å². The molecule has 6 heteroatoms. The molecule has 0 aliphatic carbocycles. The zero-order chi connectivity index (χ0) is 13.8. The summed E-state index contributed by atoms with van der Waals surface area (Å²) < 4.78 is 0. The van der Waals surface area contributed by atoms with Gasteiger partial charge in [-0.25, -0.2) is 4.79 Å². The summed E-state index contributed by atoms with van der Waals surface area (Å²) >= 11 is 1.05. The van der Waals surface area contributed by atoms with E-state index in [4.69, 9.17) is 5.11 Å². The molecule has 104 valence electrons. The van der Waals surface area contributed by atoms with Crippen molar-refractivity contribution in [2.45, 2.75) is 25.8 Å². The van der Waals surface area contributed by atoms with Gasteiger partial charge in [-0.1, -0.05) is 0 Å². The third kappa shape index (κ3) is 3.13. The minimum atomic E-state index is -0.978. The Labute approximate surface area is 116 Å². The summed E-state index contributed by atoms with van der Waals surface area (Å²) in [5.41, 5.74) is 0. The van der Waals surface area contributed by atoms with Crippen LogP contribution >= 0.6 is 11.3 Å². The highest BCUT2D eigenvalue weighted by Crippen LogP contribution is 2.21. The lowest BCUT2D eigenvalue weighted by molar-refractivity contribution is 0.0660. The fraction of sp³-hybridized carbons (Fsp3) is 0.538. The van der Waals surface area contributed by atoms with E-state index >= 15 is 0 Å². The number of carboxylic acid groups (broad SMARTS) is 1. The molecule has 1 aliphatic heterocycles. The molecule has 0 unspecified atom stereocenters. The Morgan fingerprint density at radius 3 is 2.53 bits per heavy atom. The Bertz CT molecular complexity index is 466. The van der Waals surface area contributed by atoms with Gasteiger partial charge >= 0.3 is 5.97 Å². The SMILES string of the molecule is CCN(C(=O)c1ccc(C(=O)O)s1)C1CCNCC1. The van der Waals surface area contributed by atoms with E-state index in [0.717, 1.165) is 37.3 Å². The number of aromatic carboxylic acids is 1. The van der Waals surface area contributed by atoms with Crippen molar-refractivity contribution in [1.29, 1.82) is 0 Å². The quantitative estimate of drug-likeness (QED) is 0.881. The number of amides is 1. The Hall–Kier alpha value is -1.40. The number of carbonyl (C=O) groups excluding carboxylic acids is 1. The maximum Gasteiger partial charge on any atom is 0.345 e. The largest absolute Gasteiger partial charge is 0.477 e. The van der Waals surface area contributed by atoms with Gasteiger partial charge in [-0.05, 0) is 45.0 Å². The number of piperidine rings is 1. The molecule has 19 heavy (non-hydrogen) atoms. The number of thiophene rings is 1. The van der Waals surface area contributed by atoms with Crippen LogP contribution in [0.4, 0.5) is 0 Å². The number of nitrogens with zero attached hydrogens (tertiary/aromatic N) is 1. The molecule has 0 radical (unpaired) electrons. The molecule has 1 amide bonds. The first-order valence-electron chi connectivity index (χ1n) is 6.48. The zero-order valence-electron chi connectivity index (χ0n) is 10.9. The van der Waals surface area contributed by atoms with E-state index in [1.54, 1.807) is 6.07 Å². The molecule has 5 nitrogen and oxygen atoms in total. The summed E-state index contributed by atoms with van der Waals surface area (Å²) in [5.74, 6) is -1.03. The van der Waals surface area contributed by atoms with Crippen molar-refractivity contribution in [3.8, 4) is 0 Å². The molecule has 1 aliphatic rings. The maximum atomic E-state index is 12.4. The van der Waals surface area contributed by atoms with E-state index in [-0.39, 0.29) is 16.8 Å². The summed E-state index contributed by atoms with van der Waals surface area (Å²) in [6, 6.07) is 3.37. The first-order chi connectivity index (χ1) is 9.13. The zero-order valence-corrected chi connectivity index (χ0v) is 11.7. The number of carboxylic acids is 1. The molecule has 2 N–H and O–H groups in total. The van der Waals surface area contributed by atoms with Gasteiger partial charge in [0.2, 0.25) is 0 Å². The van der Waals surface area contributed by atoms with Gasteiger partial charge in [0, 0.05) is 12.6 Å². The Balaban J connectivity index is 2.12. The van der Waals surface area contributed by atoms with E-state index < -0.39 is 5.97 Å². The second kappa shape index (κ2) is 6.16. The topological polar surface area (TPSA) is 69.6 Å². The minimum Gasteiger partial charge on any atom is -0.477 e. The van der Waals surface area contributed by atoms with Crippen molar-refractivity contribution < 1.29 is 14.7 Å². The van der Waals surface area contributed by atoms with Gasteiger partial charge in [0.25, 0.3) is 5.91 Å². The van der Waals surface area contributed by atoms with Gasteiger partial charge < -0.3 is 15.3 Å². The van der Waals surface area contributed by atoms with Crippen molar-refractivity contribution in [2.75, 3.05) is 19.6 Å². The van der Waals surface area contributed by atoms with Crippen LogP contribution in [0.25, 0.3) is 0 Å². The smallest absolute Gasteiger partial charge is 0.345 e. The van der Waals surface area contributed by atoms with Crippen LogP contribution < -0.4 is 5.32 Å². The monoisotopic (exact) mass is 282 g/mol. The van der Waals surface area contributed by atoms with E-state index in [1.165, 1.54) is 6.07 Å². The van der Waals surface area contributed by atoms with Crippen LogP contribution in [-0.2, 0) is 0 Å². The van der Waals surface area contributed by atoms with Crippen LogP contribution in [0.2, 0.25) is 0 Å². The van der Waals surface area contributed by atoms with Gasteiger partial charge in [0.15, 0.2) is 0 Å². The summed E-state index contributed by atoms with van der Waals surface area (Å²) in [4.78, 5) is 25.9. The van der Waals surface area contributed by atoms with Gasteiger partial charge in [-0.15, -0.1) is 11.3 Å². The summed E-state index contributed by atoms with van der Waals surface area (Å²) in [7, 11) is 0. The Morgan fingerprint density at radius 1 is 1.37 bits per heavy atom. The van der Waals surface area contributed by atoms with Crippen LogP contribution in [-0.4, -0.2) is 47.6 Å². The molecule has 1 fully saturated rings. The second-order valence-electron chi connectivity index (χ2n) is 4.54. The number of carbonyl (C=O) groups is 2. The van der Waals surface area contributed by atoms with Crippen molar-refractivity contribution in [3.63, 3.8) is 0 Å². The highest BCUT2D eigenvalue weighted by molar-refractivity contribution is 7.15. The molecule has 1 aromatic rings. The predicted molar refractivity (Wildman–Crippen MR) is 73.9 cm³/mol. The van der Waals surface area contributed by atoms with Crippen molar-refractivity contribution >= 4 is 23.2 Å².